The Hall–Kier alpha value is -0.740. The number of carbonyl (C=O) groups is 2. The highest BCUT2D eigenvalue weighted by atomic mass is 16.1. The standard InChI is InChI=1S/C14H27NO.C12H23NO/c1-6-12(4)13(16)14(5)7-9-15(10-8-14)11(2)3;1-5-13-8-6-12(4,7-9-13)11(14)10(2)3/h11-12H,6-10H2,1-5H3;10H,5-9H2,1-4H3. The van der Waals surface area contributed by atoms with Crippen molar-refractivity contribution in [3.63, 3.8) is 0 Å². The molecule has 0 aromatic heterocycles. The topological polar surface area (TPSA) is 40.6 Å². The van der Waals surface area contributed by atoms with Crippen molar-refractivity contribution in [1.82, 2.24) is 9.80 Å². The van der Waals surface area contributed by atoms with E-state index in [0.717, 1.165) is 64.8 Å². The van der Waals surface area contributed by atoms with Gasteiger partial charge in [0, 0.05) is 28.7 Å². The highest BCUT2D eigenvalue weighted by Crippen LogP contribution is 2.36. The van der Waals surface area contributed by atoms with Crippen molar-refractivity contribution in [3.8, 4) is 0 Å². The number of carbonyl (C=O) groups excluding carboxylic acids is 2. The molecule has 4 nitrogen and oxygen atoms in total. The molecule has 176 valence electrons. The third-order valence-electron chi connectivity index (χ3n) is 7.81. The molecule has 2 fully saturated rings. The van der Waals surface area contributed by atoms with Gasteiger partial charge in [0.15, 0.2) is 0 Å². The fourth-order valence-electron chi connectivity index (χ4n) is 4.87. The first-order chi connectivity index (χ1) is 13.9. The maximum Gasteiger partial charge on any atom is 0.141 e. The van der Waals surface area contributed by atoms with E-state index in [-0.39, 0.29) is 22.7 Å². The molecule has 30 heavy (non-hydrogen) atoms. The van der Waals surface area contributed by atoms with E-state index in [2.05, 4.69) is 58.3 Å². The predicted molar refractivity (Wildman–Crippen MR) is 128 cm³/mol. The molecule has 1 unspecified atom stereocenters. The Bertz CT molecular complexity index is 539. The van der Waals surface area contributed by atoms with Crippen molar-refractivity contribution >= 4 is 11.6 Å². The molecule has 2 heterocycles. The summed E-state index contributed by atoms with van der Waals surface area (Å²) in [7, 11) is 0. The Labute approximate surface area is 187 Å². The van der Waals surface area contributed by atoms with Gasteiger partial charge in [-0.15, -0.1) is 0 Å². The minimum absolute atomic E-state index is 0.0418. The summed E-state index contributed by atoms with van der Waals surface area (Å²) in [6.07, 6.45) is 5.13. The van der Waals surface area contributed by atoms with E-state index in [1.54, 1.807) is 0 Å². The maximum absolute atomic E-state index is 12.3. The molecule has 0 amide bonds. The summed E-state index contributed by atoms with van der Waals surface area (Å²) in [6.45, 7) is 24.6. The van der Waals surface area contributed by atoms with Gasteiger partial charge in [0.2, 0.25) is 0 Å². The Morgan fingerprint density at radius 2 is 1.20 bits per heavy atom. The lowest BCUT2D eigenvalue weighted by molar-refractivity contribution is -0.134. The fraction of sp³-hybridized carbons (Fsp3) is 0.923. The Morgan fingerprint density at radius 3 is 1.57 bits per heavy atom. The Balaban J connectivity index is 0.000000303. The zero-order valence-electron chi connectivity index (χ0n) is 21.5. The molecule has 0 saturated carbocycles. The maximum atomic E-state index is 12.3. The van der Waals surface area contributed by atoms with Gasteiger partial charge in [-0.3, -0.25) is 9.59 Å². The van der Waals surface area contributed by atoms with E-state index in [0.29, 0.717) is 17.6 Å². The fourth-order valence-corrected chi connectivity index (χ4v) is 4.87. The number of nitrogens with zero attached hydrogens (tertiary/aromatic N) is 2. The minimum Gasteiger partial charge on any atom is -0.304 e. The van der Waals surface area contributed by atoms with Crippen LogP contribution in [0.3, 0.4) is 0 Å². The highest BCUT2D eigenvalue weighted by Gasteiger charge is 2.39. The molecule has 1 atom stereocenters. The Morgan fingerprint density at radius 1 is 0.767 bits per heavy atom. The SMILES string of the molecule is CCC(C)C(=O)C1(C)CCN(C(C)C)CC1.CCN1CCC(C)(C(=O)C(C)C)CC1. The largest absolute Gasteiger partial charge is 0.304 e. The lowest BCUT2D eigenvalue weighted by Gasteiger charge is -2.41. The number of likely N-dealkylation sites (tertiary alicyclic amines) is 2. The van der Waals surface area contributed by atoms with Crippen LogP contribution in [0.5, 0.6) is 0 Å². The molecule has 2 aliphatic rings. The van der Waals surface area contributed by atoms with E-state index in [9.17, 15) is 9.59 Å². The number of rotatable bonds is 7. The second-order valence-corrected chi connectivity index (χ2v) is 10.9. The summed E-state index contributed by atoms with van der Waals surface area (Å²) in [6, 6.07) is 0.614. The van der Waals surface area contributed by atoms with Crippen molar-refractivity contribution in [2.24, 2.45) is 22.7 Å². The molecule has 0 aromatic carbocycles. The summed E-state index contributed by atoms with van der Waals surface area (Å²) in [5, 5.41) is 0. The van der Waals surface area contributed by atoms with Crippen molar-refractivity contribution in [3.05, 3.63) is 0 Å². The minimum atomic E-state index is -0.0547. The van der Waals surface area contributed by atoms with E-state index in [4.69, 9.17) is 0 Å². The zero-order chi connectivity index (χ0) is 23.1. The van der Waals surface area contributed by atoms with Crippen LogP contribution in [0.1, 0.15) is 94.4 Å². The molecule has 0 aliphatic carbocycles. The number of hydrogen-bond acceptors (Lipinski definition) is 4. The van der Waals surface area contributed by atoms with Crippen LogP contribution in [0.25, 0.3) is 0 Å². The number of Topliss-reactive ketones (excluding diaryl/α,β-unsaturated/α-hetero) is 2. The second-order valence-electron chi connectivity index (χ2n) is 10.9. The van der Waals surface area contributed by atoms with Crippen LogP contribution >= 0.6 is 0 Å². The average molecular weight is 423 g/mol. The molecule has 2 aliphatic heterocycles. The van der Waals surface area contributed by atoms with Gasteiger partial charge in [0.1, 0.15) is 11.6 Å². The normalized spacial score (nSPS) is 23.0. The number of hydrogen-bond donors (Lipinski definition) is 0. The van der Waals surface area contributed by atoms with Crippen LogP contribution < -0.4 is 0 Å². The quantitative estimate of drug-likeness (QED) is 0.547. The molecule has 4 heteroatoms. The van der Waals surface area contributed by atoms with E-state index < -0.39 is 0 Å². The first-order valence-electron chi connectivity index (χ1n) is 12.4. The molecular formula is C26H50N2O2. The summed E-state index contributed by atoms with van der Waals surface area (Å²) < 4.78 is 0. The molecule has 2 rings (SSSR count). The lowest BCUT2D eigenvalue weighted by Crippen LogP contribution is -2.46. The summed E-state index contributed by atoms with van der Waals surface area (Å²) in [4.78, 5) is 29.2. The summed E-state index contributed by atoms with van der Waals surface area (Å²) in [5.74, 6) is 1.36. The molecule has 0 N–H and O–H groups in total. The van der Waals surface area contributed by atoms with Gasteiger partial charge in [-0.1, -0.05) is 48.5 Å². The van der Waals surface area contributed by atoms with E-state index in [1.165, 1.54) is 0 Å². The van der Waals surface area contributed by atoms with Crippen LogP contribution in [-0.4, -0.2) is 60.1 Å². The number of ketones is 2. The number of piperidine rings is 2. The van der Waals surface area contributed by atoms with Gasteiger partial charge in [0.25, 0.3) is 0 Å². The van der Waals surface area contributed by atoms with Gasteiger partial charge in [0.05, 0.1) is 0 Å². The molecule has 0 aromatic rings. The van der Waals surface area contributed by atoms with Crippen molar-refractivity contribution in [2.45, 2.75) is 100 Å². The smallest absolute Gasteiger partial charge is 0.141 e. The first-order valence-corrected chi connectivity index (χ1v) is 12.4. The average Bonchev–Trinajstić information content (AvgIpc) is 2.73. The molecule has 0 bridgehead atoms. The van der Waals surface area contributed by atoms with E-state index >= 15 is 0 Å². The first kappa shape index (κ1) is 27.3. The second kappa shape index (κ2) is 11.8. The Kier molecular flexibility index (Phi) is 10.7. The van der Waals surface area contributed by atoms with Gasteiger partial charge < -0.3 is 9.80 Å². The predicted octanol–water partition coefficient (Wildman–Crippen LogP) is 5.45. The van der Waals surface area contributed by atoms with Crippen molar-refractivity contribution in [2.75, 3.05) is 32.7 Å². The van der Waals surface area contributed by atoms with E-state index in [1.807, 2.05) is 13.8 Å². The summed E-state index contributed by atoms with van der Waals surface area (Å²) in [5.41, 5.74) is -0.0966. The van der Waals surface area contributed by atoms with Gasteiger partial charge in [-0.05, 0) is 78.7 Å². The van der Waals surface area contributed by atoms with Gasteiger partial charge >= 0.3 is 0 Å². The monoisotopic (exact) mass is 422 g/mol. The van der Waals surface area contributed by atoms with Crippen LogP contribution in [0.4, 0.5) is 0 Å². The third kappa shape index (κ3) is 7.15. The van der Waals surface area contributed by atoms with Gasteiger partial charge in [-0.2, -0.15) is 0 Å². The van der Waals surface area contributed by atoms with Crippen LogP contribution in [0.2, 0.25) is 0 Å². The van der Waals surface area contributed by atoms with Crippen LogP contribution in [0.15, 0.2) is 0 Å². The highest BCUT2D eigenvalue weighted by molar-refractivity contribution is 5.86. The van der Waals surface area contributed by atoms with Crippen LogP contribution in [0, 0.1) is 22.7 Å². The molecule has 0 radical (unpaired) electrons. The molecular weight excluding hydrogens is 372 g/mol. The molecule has 2 saturated heterocycles. The third-order valence-corrected chi connectivity index (χ3v) is 7.81. The summed E-state index contributed by atoms with van der Waals surface area (Å²) >= 11 is 0. The van der Waals surface area contributed by atoms with Crippen molar-refractivity contribution < 1.29 is 9.59 Å². The van der Waals surface area contributed by atoms with Gasteiger partial charge in [-0.25, -0.2) is 0 Å². The zero-order valence-corrected chi connectivity index (χ0v) is 21.5. The lowest BCUT2D eigenvalue weighted by atomic mass is 9.72. The van der Waals surface area contributed by atoms with Crippen molar-refractivity contribution in [1.29, 1.82) is 0 Å². The molecule has 0 spiro atoms. The van der Waals surface area contributed by atoms with Crippen LogP contribution in [-0.2, 0) is 9.59 Å².